The normalized spacial score (nSPS) is 16.7. The number of aliphatic imine (C=N–C) groups is 1. The first-order chi connectivity index (χ1) is 11.9. The van der Waals surface area contributed by atoms with E-state index in [2.05, 4.69) is 22.5 Å². The van der Waals surface area contributed by atoms with Crippen LogP contribution in [0.3, 0.4) is 0 Å². The zero-order chi connectivity index (χ0) is 18.7. The second kappa shape index (κ2) is 11.2. The lowest BCUT2D eigenvalue weighted by atomic mass is 9.97. The predicted molar refractivity (Wildman–Crippen MR) is 101 cm³/mol. The first kappa shape index (κ1) is 21.5. The molecule has 0 unspecified atom stereocenters. The molecule has 0 aromatic carbocycles. The van der Waals surface area contributed by atoms with E-state index in [4.69, 9.17) is 9.47 Å². The van der Waals surface area contributed by atoms with Crippen LogP contribution < -0.4 is 10.6 Å². The average Bonchev–Trinajstić information content (AvgIpc) is 2.55. The molecule has 7 nitrogen and oxygen atoms in total. The Morgan fingerprint density at radius 3 is 2.48 bits per heavy atom. The molecule has 0 aromatic rings. The van der Waals surface area contributed by atoms with Crippen LogP contribution in [0.1, 0.15) is 47.0 Å². The van der Waals surface area contributed by atoms with Crippen molar-refractivity contribution in [3.05, 3.63) is 0 Å². The van der Waals surface area contributed by atoms with Crippen LogP contribution in [0, 0.1) is 5.92 Å². The highest BCUT2D eigenvalue weighted by atomic mass is 16.6. The number of rotatable bonds is 7. The third-order valence-electron chi connectivity index (χ3n) is 3.94. The number of carbonyl (C=O) groups excluding carboxylic acids is 1. The van der Waals surface area contributed by atoms with Crippen molar-refractivity contribution >= 4 is 12.1 Å². The molecule has 2 N–H and O–H groups in total. The molecule has 1 amide bonds. The summed E-state index contributed by atoms with van der Waals surface area (Å²) in [6.07, 6.45) is 2.68. The van der Waals surface area contributed by atoms with Gasteiger partial charge in [0.15, 0.2) is 5.96 Å². The minimum atomic E-state index is -0.437. The molecule has 25 heavy (non-hydrogen) atoms. The summed E-state index contributed by atoms with van der Waals surface area (Å²) in [7, 11) is 1.71. The van der Waals surface area contributed by atoms with E-state index < -0.39 is 5.60 Å². The molecular weight excluding hydrogens is 320 g/mol. The van der Waals surface area contributed by atoms with Gasteiger partial charge in [0, 0.05) is 46.4 Å². The maximum absolute atomic E-state index is 12.1. The summed E-state index contributed by atoms with van der Waals surface area (Å²) in [4.78, 5) is 18.6. The fourth-order valence-corrected chi connectivity index (χ4v) is 2.61. The molecule has 0 atom stereocenters. The molecule has 1 fully saturated rings. The van der Waals surface area contributed by atoms with Crippen LogP contribution in [-0.4, -0.2) is 69.0 Å². The number of nitrogens with zero attached hydrogens (tertiary/aromatic N) is 2. The van der Waals surface area contributed by atoms with Crippen molar-refractivity contribution in [3.63, 3.8) is 0 Å². The molecule has 146 valence electrons. The summed E-state index contributed by atoms with van der Waals surface area (Å²) in [5.74, 6) is 1.36. The molecule has 7 heteroatoms. The summed E-state index contributed by atoms with van der Waals surface area (Å²) < 4.78 is 10.5. The van der Waals surface area contributed by atoms with Crippen LogP contribution >= 0.6 is 0 Å². The summed E-state index contributed by atoms with van der Waals surface area (Å²) in [5.41, 5.74) is -0.437. The molecular formula is C18H36N4O3. The monoisotopic (exact) mass is 356 g/mol. The molecule has 0 bridgehead atoms. The third-order valence-corrected chi connectivity index (χ3v) is 3.94. The molecule has 0 saturated carbocycles. The number of methoxy groups -OCH3 is 1. The number of likely N-dealkylation sites (tertiary alicyclic amines) is 1. The largest absolute Gasteiger partial charge is 0.444 e. The van der Waals surface area contributed by atoms with Crippen molar-refractivity contribution in [2.75, 3.05) is 46.4 Å². The Morgan fingerprint density at radius 1 is 1.24 bits per heavy atom. The van der Waals surface area contributed by atoms with Gasteiger partial charge < -0.3 is 25.0 Å². The number of hydrogen-bond donors (Lipinski definition) is 2. The quantitative estimate of drug-likeness (QED) is 0.416. The van der Waals surface area contributed by atoms with Crippen LogP contribution in [0.4, 0.5) is 4.79 Å². The number of carbonyl (C=O) groups is 1. The van der Waals surface area contributed by atoms with E-state index >= 15 is 0 Å². The highest BCUT2D eigenvalue weighted by Gasteiger charge is 2.26. The second-order valence-corrected chi connectivity index (χ2v) is 7.40. The number of ether oxygens (including phenoxy) is 2. The van der Waals surface area contributed by atoms with E-state index in [0.717, 1.165) is 64.6 Å². The molecule has 0 aliphatic carbocycles. The number of nitrogens with one attached hydrogen (secondary N) is 2. The summed E-state index contributed by atoms with van der Waals surface area (Å²) in [6, 6.07) is 0. The Labute approximate surface area is 152 Å². The molecule has 0 radical (unpaired) electrons. The lowest BCUT2D eigenvalue weighted by Gasteiger charge is -2.33. The Morgan fingerprint density at radius 2 is 1.92 bits per heavy atom. The highest BCUT2D eigenvalue weighted by molar-refractivity contribution is 5.79. The highest BCUT2D eigenvalue weighted by Crippen LogP contribution is 2.19. The Kier molecular flexibility index (Phi) is 9.63. The Bertz CT molecular complexity index is 413. The number of piperidine rings is 1. The van der Waals surface area contributed by atoms with E-state index in [1.165, 1.54) is 0 Å². The first-order valence-electron chi connectivity index (χ1n) is 9.34. The average molecular weight is 357 g/mol. The van der Waals surface area contributed by atoms with Gasteiger partial charge in [-0.1, -0.05) is 0 Å². The maximum Gasteiger partial charge on any atom is 0.410 e. The van der Waals surface area contributed by atoms with Crippen LogP contribution in [0.15, 0.2) is 4.99 Å². The van der Waals surface area contributed by atoms with Crippen molar-refractivity contribution in [2.45, 2.75) is 52.6 Å². The van der Waals surface area contributed by atoms with Gasteiger partial charge in [0.2, 0.25) is 0 Å². The van der Waals surface area contributed by atoms with E-state index in [0.29, 0.717) is 5.92 Å². The van der Waals surface area contributed by atoms with Gasteiger partial charge in [-0.05, 0) is 52.9 Å². The summed E-state index contributed by atoms with van der Waals surface area (Å²) >= 11 is 0. The van der Waals surface area contributed by atoms with Crippen LogP contribution in [0.2, 0.25) is 0 Å². The molecule has 1 aliphatic heterocycles. The van der Waals surface area contributed by atoms with Crippen molar-refractivity contribution in [3.8, 4) is 0 Å². The zero-order valence-electron chi connectivity index (χ0n) is 16.6. The van der Waals surface area contributed by atoms with Gasteiger partial charge in [0.1, 0.15) is 5.60 Å². The predicted octanol–water partition coefficient (Wildman–Crippen LogP) is 2.23. The van der Waals surface area contributed by atoms with Crippen LogP contribution in [0.25, 0.3) is 0 Å². The first-order valence-corrected chi connectivity index (χ1v) is 9.34. The van der Waals surface area contributed by atoms with E-state index in [1.807, 2.05) is 20.8 Å². The SMILES string of the molecule is CCNC(=NCC1CCN(C(=O)OC(C)(C)C)CC1)NCCCOC. The molecule has 1 saturated heterocycles. The topological polar surface area (TPSA) is 75.2 Å². The second-order valence-electron chi connectivity index (χ2n) is 7.40. The lowest BCUT2D eigenvalue weighted by Crippen LogP contribution is -2.42. The van der Waals surface area contributed by atoms with E-state index in [-0.39, 0.29) is 6.09 Å². The number of amides is 1. The third kappa shape index (κ3) is 9.53. The zero-order valence-corrected chi connectivity index (χ0v) is 16.6. The fraction of sp³-hybridized carbons (Fsp3) is 0.889. The van der Waals surface area contributed by atoms with Gasteiger partial charge >= 0.3 is 6.09 Å². The van der Waals surface area contributed by atoms with Crippen molar-refractivity contribution in [1.29, 1.82) is 0 Å². The van der Waals surface area contributed by atoms with E-state index in [1.54, 1.807) is 12.0 Å². The molecule has 0 spiro atoms. The fourth-order valence-electron chi connectivity index (χ4n) is 2.61. The minimum absolute atomic E-state index is 0.206. The van der Waals surface area contributed by atoms with Crippen molar-refractivity contribution in [2.24, 2.45) is 10.9 Å². The number of guanidine groups is 1. The molecule has 0 aromatic heterocycles. The lowest BCUT2D eigenvalue weighted by molar-refractivity contribution is 0.0187. The van der Waals surface area contributed by atoms with Crippen LogP contribution in [0.5, 0.6) is 0 Å². The molecule has 1 heterocycles. The Balaban J connectivity index is 2.36. The van der Waals surface area contributed by atoms with Gasteiger partial charge in [-0.3, -0.25) is 4.99 Å². The van der Waals surface area contributed by atoms with Crippen molar-refractivity contribution in [1.82, 2.24) is 15.5 Å². The molecule has 1 aliphatic rings. The van der Waals surface area contributed by atoms with Gasteiger partial charge in [-0.25, -0.2) is 4.79 Å². The van der Waals surface area contributed by atoms with Crippen molar-refractivity contribution < 1.29 is 14.3 Å². The smallest absolute Gasteiger partial charge is 0.410 e. The van der Waals surface area contributed by atoms with Gasteiger partial charge in [-0.15, -0.1) is 0 Å². The standard InChI is InChI=1S/C18H36N4O3/c1-6-19-16(20-10-7-13-24-5)21-14-15-8-11-22(12-9-15)17(23)25-18(2,3)4/h15H,6-14H2,1-5H3,(H2,19,20,21). The van der Waals surface area contributed by atoms with Crippen LogP contribution in [-0.2, 0) is 9.47 Å². The van der Waals surface area contributed by atoms with E-state index in [9.17, 15) is 4.79 Å². The maximum atomic E-state index is 12.1. The minimum Gasteiger partial charge on any atom is -0.444 e. The molecule has 1 rings (SSSR count). The van der Waals surface area contributed by atoms with Gasteiger partial charge in [0.25, 0.3) is 0 Å². The summed E-state index contributed by atoms with van der Waals surface area (Å²) in [5, 5.41) is 6.59. The summed E-state index contributed by atoms with van der Waals surface area (Å²) in [6.45, 7) is 12.4. The number of hydrogen-bond acceptors (Lipinski definition) is 4. The van der Waals surface area contributed by atoms with Gasteiger partial charge in [0.05, 0.1) is 0 Å². The Hall–Kier alpha value is -1.50. The van der Waals surface area contributed by atoms with Gasteiger partial charge in [-0.2, -0.15) is 0 Å².